The number of aromatic nitrogens is 2. The van der Waals surface area contributed by atoms with Crippen molar-refractivity contribution in [3.63, 3.8) is 0 Å². The third-order valence-corrected chi connectivity index (χ3v) is 3.06. The van der Waals surface area contributed by atoms with Crippen molar-refractivity contribution in [3.05, 3.63) is 71.8 Å². The van der Waals surface area contributed by atoms with E-state index in [-0.39, 0.29) is 5.82 Å². The molecule has 0 aliphatic heterocycles. The lowest BCUT2D eigenvalue weighted by atomic mass is 10.2. The predicted octanol–water partition coefficient (Wildman–Crippen LogP) is 2.76. The minimum Gasteiger partial charge on any atom is -0.308 e. The van der Waals surface area contributed by atoms with Crippen LogP contribution in [0.25, 0.3) is 5.52 Å². The van der Waals surface area contributed by atoms with E-state index in [1.54, 1.807) is 12.1 Å². The molecule has 3 aromatic rings. The van der Waals surface area contributed by atoms with Crippen molar-refractivity contribution >= 4 is 5.52 Å². The topological polar surface area (TPSA) is 29.3 Å². The molecule has 19 heavy (non-hydrogen) atoms. The molecule has 0 aliphatic carbocycles. The van der Waals surface area contributed by atoms with E-state index in [2.05, 4.69) is 10.4 Å². The average molecular weight is 255 g/mol. The molecule has 1 N–H and O–H groups in total. The number of nitrogens with one attached hydrogen (secondary N) is 1. The second-order valence-corrected chi connectivity index (χ2v) is 4.43. The summed E-state index contributed by atoms with van der Waals surface area (Å²) in [5.41, 5.74) is 3.33. The minimum atomic E-state index is -0.202. The molecular formula is C15H14FN3. The molecule has 2 aromatic heterocycles. The van der Waals surface area contributed by atoms with Crippen LogP contribution in [0.4, 0.5) is 4.39 Å². The summed E-state index contributed by atoms with van der Waals surface area (Å²) in [5, 5.41) is 7.62. The van der Waals surface area contributed by atoms with Gasteiger partial charge in [0.25, 0.3) is 0 Å². The number of fused-ring (bicyclic) bond motifs is 1. The average Bonchev–Trinajstić information content (AvgIpc) is 2.85. The third kappa shape index (κ3) is 2.63. The summed E-state index contributed by atoms with van der Waals surface area (Å²) in [5.74, 6) is -0.202. The molecule has 2 heterocycles. The van der Waals surface area contributed by atoms with Crippen molar-refractivity contribution < 1.29 is 4.39 Å². The number of halogens is 1. The Morgan fingerprint density at radius 2 is 1.89 bits per heavy atom. The van der Waals surface area contributed by atoms with Crippen LogP contribution in [-0.4, -0.2) is 9.61 Å². The molecule has 4 heteroatoms. The maximum Gasteiger partial charge on any atom is 0.123 e. The van der Waals surface area contributed by atoms with E-state index in [1.165, 1.54) is 12.1 Å². The van der Waals surface area contributed by atoms with Crippen LogP contribution in [0.3, 0.4) is 0 Å². The zero-order valence-corrected chi connectivity index (χ0v) is 10.4. The molecule has 0 spiro atoms. The second-order valence-electron chi connectivity index (χ2n) is 4.43. The fourth-order valence-electron chi connectivity index (χ4n) is 2.07. The van der Waals surface area contributed by atoms with Crippen molar-refractivity contribution in [1.82, 2.24) is 14.9 Å². The van der Waals surface area contributed by atoms with Gasteiger partial charge in [-0.25, -0.2) is 8.91 Å². The highest BCUT2D eigenvalue weighted by atomic mass is 19.1. The SMILES string of the molecule is Fc1ccc(CNCc2cnn3ccccc23)cc1. The molecule has 1 aromatic carbocycles. The number of hydrogen-bond acceptors (Lipinski definition) is 2. The Morgan fingerprint density at radius 1 is 1.05 bits per heavy atom. The van der Waals surface area contributed by atoms with Gasteiger partial charge in [-0.15, -0.1) is 0 Å². The first-order valence-electron chi connectivity index (χ1n) is 6.19. The van der Waals surface area contributed by atoms with Gasteiger partial charge in [-0.05, 0) is 29.8 Å². The molecular weight excluding hydrogens is 241 g/mol. The van der Waals surface area contributed by atoms with E-state index in [9.17, 15) is 4.39 Å². The highest BCUT2D eigenvalue weighted by molar-refractivity contribution is 5.53. The molecule has 96 valence electrons. The largest absolute Gasteiger partial charge is 0.308 e. The molecule has 0 bridgehead atoms. The van der Waals surface area contributed by atoms with Crippen molar-refractivity contribution in [2.24, 2.45) is 0 Å². The fraction of sp³-hybridized carbons (Fsp3) is 0.133. The van der Waals surface area contributed by atoms with Crippen molar-refractivity contribution in [3.8, 4) is 0 Å². The monoisotopic (exact) mass is 255 g/mol. The normalized spacial score (nSPS) is 11.0. The van der Waals surface area contributed by atoms with Crippen molar-refractivity contribution in [2.75, 3.05) is 0 Å². The van der Waals surface area contributed by atoms with Gasteiger partial charge >= 0.3 is 0 Å². The van der Waals surface area contributed by atoms with Crippen LogP contribution in [0.1, 0.15) is 11.1 Å². The lowest BCUT2D eigenvalue weighted by Gasteiger charge is -2.04. The Kier molecular flexibility index (Phi) is 3.25. The lowest BCUT2D eigenvalue weighted by Crippen LogP contribution is -2.12. The zero-order chi connectivity index (χ0) is 13.1. The minimum absolute atomic E-state index is 0.202. The standard InChI is InChI=1S/C15H14FN3/c16-14-6-4-12(5-7-14)9-17-10-13-11-18-19-8-2-1-3-15(13)19/h1-8,11,17H,9-10H2. The van der Waals surface area contributed by atoms with Crippen LogP contribution in [0.2, 0.25) is 0 Å². The van der Waals surface area contributed by atoms with Gasteiger partial charge in [-0.2, -0.15) is 5.10 Å². The highest BCUT2D eigenvalue weighted by Crippen LogP contribution is 2.10. The lowest BCUT2D eigenvalue weighted by molar-refractivity contribution is 0.625. The van der Waals surface area contributed by atoms with Crippen LogP contribution < -0.4 is 5.32 Å². The molecule has 0 unspecified atom stereocenters. The quantitative estimate of drug-likeness (QED) is 0.776. The summed E-state index contributed by atoms with van der Waals surface area (Å²) in [6.45, 7) is 1.45. The molecule has 0 amide bonds. The first kappa shape index (κ1) is 11.9. The fourth-order valence-corrected chi connectivity index (χ4v) is 2.07. The van der Waals surface area contributed by atoms with Gasteiger partial charge in [0.1, 0.15) is 5.82 Å². The van der Waals surface area contributed by atoms with Crippen LogP contribution in [-0.2, 0) is 13.1 Å². The molecule has 0 saturated heterocycles. The van der Waals surface area contributed by atoms with E-state index < -0.39 is 0 Å². The van der Waals surface area contributed by atoms with Crippen molar-refractivity contribution in [2.45, 2.75) is 13.1 Å². The third-order valence-electron chi connectivity index (χ3n) is 3.06. The summed E-state index contributed by atoms with van der Waals surface area (Å²) in [7, 11) is 0. The molecule has 0 radical (unpaired) electrons. The highest BCUT2D eigenvalue weighted by Gasteiger charge is 2.02. The number of pyridine rings is 1. The van der Waals surface area contributed by atoms with Crippen LogP contribution >= 0.6 is 0 Å². The predicted molar refractivity (Wildman–Crippen MR) is 72.1 cm³/mol. The molecule has 3 nitrogen and oxygen atoms in total. The molecule has 0 saturated carbocycles. The smallest absolute Gasteiger partial charge is 0.123 e. The summed E-state index contributed by atoms with van der Waals surface area (Å²) in [4.78, 5) is 0. The van der Waals surface area contributed by atoms with E-state index in [0.29, 0.717) is 6.54 Å². The Morgan fingerprint density at radius 3 is 2.74 bits per heavy atom. The van der Waals surface area contributed by atoms with Gasteiger partial charge in [0.05, 0.1) is 11.7 Å². The molecule has 0 atom stereocenters. The summed E-state index contributed by atoms with van der Waals surface area (Å²) < 4.78 is 14.6. The van der Waals surface area contributed by atoms with Crippen molar-refractivity contribution in [1.29, 1.82) is 0 Å². The van der Waals surface area contributed by atoms with Crippen LogP contribution in [0, 0.1) is 5.82 Å². The van der Waals surface area contributed by atoms with E-state index >= 15 is 0 Å². The Hall–Kier alpha value is -2.20. The van der Waals surface area contributed by atoms with Gasteiger partial charge in [0, 0.05) is 24.8 Å². The summed E-state index contributed by atoms with van der Waals surface area (Å²) in [6.07, 6.45) is 3.80. The number of hydrogen-bond donors (Lipinski definition) is 1. The van der Waals surface area contributed by atoms with E-state index in [1.807, 2.05) is 35.1 Å². The molecule has 3 rings (SSSR count). The first-order valence-corrected chi connectivity index (χ1v) is 6.19. The van der Waals surface area contributed by atoms with Gasteiger partial charge < -0.3 is 5.32 Å². The number of rotatable bonds is 4. The van der Waals surface area contributed by atoms with E-state index in [0.717, 1.165) is 23.2 Å². The van der Waals surface area contributed by atoms with Gasteiger partial charge in [-0.3, -0.25) is 0 Å². The number of benzene rings is 1. The summed E-state index contributed by atoms with van der Waals surface area (Å²) in [6, 6.07) is 12.5. The van der Waals surface area contributed by atoms with Gasteiger partial charge in [-0.1, -0.05) is 18.2 Å². The molecule has 0 aliphatic rings. The van der Waals surface area contributed by atoms with Gasteiger partial charge in [0.15, 0.2) is 0 Å². The second kappa shape index (κ2) is 5.20. The van der Waals surface area contributed by atoms with Gasteiger partial charge in [0.2, 0.25) is 0 Å². The Labute approximate surface area is 110 Å². The van der Waals surface area contributed by atoms with Crippen LogP contribution in [0.5, 0.6) is 0 Å². The maximum atomic E-state index is 12.8. The van der Waals surface area contributed by atoms with Crippen LogP contribution in [0.15, 0.2) is 54.9 Å². The number of nitrogens with zero attached hydrogens (tertiary/aromatic N) is 2. The first-order chi connectivity index (χ1) is 9.33. The Bertz CT molecular complexity index is 673. The maximum absolute atomic E-state index is 12.8. The molecule has 0 fully saturated rings. The summed E-state index contributed by atoms with van der Waals surface area (Å²) >= 11 is 0. The zero-order valence-electron chi connectivity index (χ0n) is 10.4. The van der Waals surface area contributed by atoms with E-state index in [4.69, 9.17) is 0 Å². The Balaban J connectivity index is 1.65.